The van der Waals surface area contributed by atoms with Gasteiger partial charge in [-0.2, -0.15) is 0 Å². The lowest BCUT2D eigenvalue weighted by atomic mass is 10.1. The van der Waals surface area contributed by atoms with Crippen molar-refractivity contribution in [3.63, 3.8) is 0 Å². The second kappa shape index (κ2) is 6.79. The summed E-state index contributed by atoms with van der Waals surface area (Å²) in [7, 11) is 0. The minimum atomic E-state index is -0.986. The summed E-state index contributed by atoms with van der Waals surface area (Å²) < 4.78 is 5.42. The zero-order valence-electron chi connectivity index (χ0n) is 12.2. The first-order valence-electron chi connectivity index (χ1n) is 7.31. The topological polar surface area (TPSA) is 68.3 Å². The van der Waals surface area contributed by atoms with Crippen molar-refractivity contribution in [1.29, 1.82) is 0 Å². The summed E-state index contributed by atoms with van der Waals surface area (Å²) in [6.07, 6.45) is 2.26. The van der Waals surface area contributed by atoms with Gasteiger partial charge in [0.25, 0.3) is 5.91 Å². The molecular weight excluding hydrogens is 316 g/mol. The number of amides is 1. The highest BCUT2D eigenvalue weighted by Crippen LogP contribution is 2.24. The molecule has 1 N–H and O–H groups in total. The molecule has 5 nitrogen and oxygen atoms in total. The Morgan fingerprint density at radius 1 is 1.17 bits per heavy atom. The molecular formula is C17H15ClN2O3. The number of benzene rings is 1. The minimum absolute atomic E-state index is 0.185. The summed E-state index contributed by atoms with van der Waals surface area (Å²) in [5, 5.41) is 3.15. The SMILES string of the molecule is O=C(O[C@H](C(=O)NC1CC1)c1ccccc1)c1ccc(Cl)nc1. The summed E-state index contributed by atoms with van der Waals surface area (Å²) >= 11 is 5.71. The Morgan fingerprint density at radius 2 is 1.91 bits per heavy atom. The van der Waals surface area contributed by atoms with E-state index >= 15 is 0 Å². The smallest absolute Gasteiger partial charge is 0.340 e. The number of halogens is 1. The van der Waals surface area contributed by atoms with Crippen molar-refractivity contribution in [3.8, 4) is 0 Å². The molecule has 1 aliphatic carbocycles. The van der Waals surface area contributed by atoms with E-state index in [-0.39, 0.29) is 22.7 Å². The highest BCUT2D eigenvalue weighted by molar-refractivity contribution is 6.29. The fourth-order valence-electron chi connectivity index (χ4n) is 2.08. The van der Waals surface area contributed by atoms with Crippen LogP contribution in [0.4, 0.5) is 0 Å². The zero-order chi connectivity index (χ0) is 16.2. The van der Waals surface area contributed by atoms with Crippen molar-refractivity contribution in [1.82, 2.24) is 10.3 Å². The first kappa shape index (κ1) is 15.5. The van der Waals surface area contributed by atoms with Crippen molar-refractivity contribution >= 4 is 23.5 Å². The van der Waals surface area contributed by atoms with E-state index in [1.54, 1.807) is 24.3 Å². The van der Waals surface area contributed by atoms with E-state index in [2.05, 4.69) is 10.3 Å². The third kappa shape index (κ3) is 4.07. The van der Waals surface area contributed by atoms with Gasteiger partial charge in [-0.05, 0) is 25.0 Å². The Kier molecular flexibility index (Phi) is 4.57. The van der Waals surface area contributed by atoms with Crippen molar-refractivity contribution in [3.05, 3.63) is 64.9 Å². The van der Waals surface area contributed by atoms with Crippen LogP contribution in [0.3, 0.4) is 0 Å². The van der Waals surface area contributed by atoms with Crippen LogP contribution in [0.5, 0.6) is 0 Å². The molecule has 0 aliphatic heterocycles. The summed E-state index contributed by atoms with van der Waals surface area (Å²) in [5.74, 6) is -0.928. The van der Waals surface area contributed by atoms with Gasteiger partial charge in [0, 0.05) is 17.8 Å². The molecule has 0 spiro atoms. The van der Waals surface area contributed by atoms with Gasteiger partial charge in [-0.3, -0.25) is 4.79 Å². The third-order valence-electron chi connectivity index (χ3n) is 3.45. The highest BCUT2D eigenvalue weighted by atomic mass is 35.5. The summed E-state index contributed by atoms with van der Waals surface area (Å²) in [5.41, 5.74) is 0.871. The summed E-state index contributed by atoms with van der Waals surface area (Å²) in [6, 6.07) is 12.1. The Bertz CT molecular complexity index is 700. The van der Waals surface area contributed by atoms with Crippen molar-refractivity contribution in [2.24, 2.45) is 0 Å². The average Bonchev–Trinajstić information content (AvgIpc) is 3.37. The highest BCUT2D eigenvalue weighted by Gasteiger charge is 2.31. The summed E-state index contributed by atoms with van der Waals surface area (Å²) in [4.78, 5) is 28.5. The van der Waals surface area contributed by atoms with Gasteiger partial charge in [0.05, 0.1) is 5.56 Å². The van der Waals surface area contributed by atoms with Crippen LogP contribution in [0.25, 0.3) is 0 Å². The molecule has 118 valence electrons. The average molecular weight is 331 g/mol. The lowest BCUT2D eigenvalue weighted by Crippen LogP contribution is -2.33. The van der Waals surface area contributed by atoms with E-state index in [9.17, 15) is 9.59 Å². The lowest BCUT2D eigenvalue weighted by Gasteiger charge is -2.18. The maximum atomic E-state index is 12.4. The number of ether oxygens (including phenoxy) is 1. The van der Waals surface area contributed by atoms with Crippen LogP contribution in [0.15, 0.2) is 48.7 Å². The van der Waals surface area contributed by atoms with Gasteiger partial charge >= 0.3 is 5.97 Å². The van der Waals surface area contributed by atoms with E-state index < -0.39 is 12.1 Å². The van der Waals surface area contributed by atoms with E-state index in [4.69, 9.17) is 16.3 Å². The van der Waals surface area contributed by atoms with Crippen molar-refractivity contribution < 1.29 is 14.3 Å². The molecule has 23 heavy (non-hydrogen) atoms. The number of carbonyl (C=O) groups is 2. The zero-order valence-corrected chi connectivity index (χ0v) is 13.0. The Morgan fingerprint density at radius 3 is 2.52 bits per heavy atom. The normalized spacial score (nSPS) is 14.8. The Labute approximate surface area is 138 Å². The standard InChI is InChI=1S/C17H15ClN2O3/c18-14-9-6-12(10-19-14)17(22)23-15(11-4-2-1-3-5-11)16(21)20-13-7-8-13/h1-6,9-10,13,15H,7-8H2,(H,20,21)/t15-/m0/s1. The maximum Gasteiger partial charge on any atom is 0.340 e. The van der Waals surface area contributed by atoms with E-state index in [0.29, 0.717) is 5.56 Å². The van der Waals surface area contributed by atoms with Gasteiger partial charge in [-0.15, -0.1) is 0 Å². The molecule has 1 aromatic heterocycles. The number of aromatic nitrogens is 1. The van der Waals surface area contributed by atoms with Gasteiger partial charge in [-0.1, -0.05) is 41.9 Å². The quantitative estimate of drug-likeness (QED) is 0.676. The van der Waals surface area contributed by atoms with Crippen LogP contribution in [-0.4, -0.2) is 22.9 Å². The van der Waals surface area contributed by atoms with Gasteiger partial charge in [0.2, 0.25) is 6.10 Å². The first-order valence-corrected chi connectivity index (χ1v) is 7.69. The van der Waals surface area contributed by atoms with Crippen LogP contribution in [0.2, 0.25) is 5.15 Å². The molecule has 1 fully saturated rings. The monoisotopic (exact) mass is 330 g/mol. The molecule has 1 amide bonds. The fourth-order valence-corrected chi connectivity index (χ4v) is 2.19. The van der Waals surface area contributed by atoms with Gasteiger partial charge < -0.3 is 10.1 Å². The number of nitrogens with zero attached hydrogens (tertiary/aromatic N) is 1. The molecule has 0 radical (unpaired) electrons. The van der Waals surface area contributed by atoms with E-state index in [1.807, 2.05) is 6.07 Å². The van der Waals surface area contributed by atoms with Crippen LogP contribution in [-0.2, 0) is 9.53 Å². The first-order chi connectivity index (χ1) is 11.1. The molecule has 1 saturated carbocycles. The Balaban J connectivity index is 1.78. The molecule has 0 saturated heterocycles. The van der Waals surface area contributed by atoms with Crippen LogP contribution < -0.4 is 5.32 Å². The predicted octanol–water partition coefficient (Wildman–Crippen LogP) is 2.91. The number of carbonyl (C=O) groups excluding carboxylic acids is 2. The molecule has 3 rings (SSSR count). The van der Waals surface area contributed by atoms with Crippen molar-refractivity contribution in [2.45, 2.75) is 25.0 Å². The lowest BCUT2D eigenvalue weighted by molar-refractivity contribution is -0.130. The molecule has 0 bridgehead atoms. The number of rotatable bonds is 5. The number of nitrogens with one attached hydrogen (secondary N) is 1. The fraction of sp³-hybridized carbons (Fsp3) is 0.235. The molecule has 2 aromatic rings. The number of esters is 1. The van der Waals surface area contributed by atoms with E-state index in [0.717, 1.165) is 12.8 Å². The number of pyridine rings is 1. The molecule has 6 heteroatoms. The van der Waals surface area contributed by atoms with Gasteiger partial charge in [0.1, 0.15) is 5.15 Å². The molecule has 1 aromatic carbocycles. The van der Waals surface area contributed by atoms with Crippen LogP contribution >= 0.6 is 11.6 Å². The maximum absolute atomic E-state index is 12.4. The molecule has 0 unspecified atom stereocenters. The van der Waals surface area contributed by atoms with E-state index in [1.165, 1.54) is 18.3 Å². The number of hydrogen-bond acceptors (Lipinski definition) is 4. The van der Waals surface area contributed by atoms with Crippen molar-refractivity contribution in [2.75, 3.05) is 0 Å². The predicted molar refractivity (Wildman–Crippen MR) is 85.0 cm³/mol. The Hall–Kier alpha value is -2.40. The van der Waals surface area contributed by atoms with Gasteiger partial charge in [0.15, 0.2) is 0 Å². The van der Waals surface area contributed by atoms with Crippen LogP contribution in [0.1, 0.15) is 34.9 Å². The second-order valence-corrected chi connectivity index (χ2v) is 5.74. The molecule has 1 atom stereocenters. The second-order valence-electron chi connectivity index (χ2n) is 5.35. The largest absolute Gasteiger partial charge is 0.444 e. The van der Waals surface area contributed by atoms with Gasteiger partial charge in [-0.25, -0.2) is 9.78 Å². The molecule has 1 aliphatic rings. The molecule has 1 heterocycles. The number of hydrogen-bond donors (Lipinski definition) is 1. The summed E-state index contributed by atoms with van der Waals surface area (Å²) in [6.45, 7) is 0. The van der Waals surface area contributed by atoms with Crippen LogP contribution in [0, 0.1) is 0 Å². The minimum Gasteiger partial charge on any atom is -0.444 e. The third-order valence-corrected chi connectivity index (χ3v) is 3.68.